The maximum atomic E-state index is 12.3. The Bertz CT molecular complexity index is 640. The molecule has 3 rings (SSSR count). The molecule has 0 saturated heterocycles. The third-order valence-electron chi connectivity index (χ3n) is 3.39. The minimum absolute atomic E-state index is 0.0439. The van der Waals surface area contributed by atoms with Crippen LogP contribution in [-0.4, -0.2) is 17.5 Å². The Morgan fingerprint density at radius 1 is 1.25 bits per heavy atom. The van der Waals surface area contributed by atoms with Crippen molar-refractivity contribution in [2.75, 3.05) is 11.9 Å². The van der Waals surface area contributed by atoms with Crippen LogP contribution in [0.25, 0.3) is 0 Å². The minimum Gasteiger partial charge on any atom is -0.492 e. The molecule has 1 N–H and O–H groups in total. The summed E-state index contributed by atoms with van der Waals surface area (Å²) in [6, 6.07) is 13.4. The summed E-state index contributed by atoms with van der Waals surface area (Å²) in [6.45, 7) is 2.31. The van der Waals surface area contributed by atoms with E-state index in [4.69, 9.17) is 4.74 Å². The SMILES string of the molecule is Cc1cccc(NC(=O)C2COc3ccccc3C2)n1. The molecule has 1 amide bonds. The average molecular weight is 268 g/mol. The smallest absolute Gasteiger partial charge is 0.232 e. The molecular formula is C16H16N2O2. The van der Waals surface area contributed by atoms with E-state index in [1.807, 2.05) is 43.3 Å². The number of carbonyl (C=O) groups is 1. The highest BCUT2D eigenvalue weighted by Gasteiger charge is 2.25. The number of aromatic nitrogens is 1. The predicted molar refractivity (Wildman–Crippen MR) is 76.7 cm³/mol. The number of anilines is 1. The van der Waals surface area contributed by atoms with Crippen LogP contribution in [0.3, 0.4) is 0 Å². The number of carbonyl (C=O) groups excluding carboxylic acids is 1. The molecule has 1 unspecified atom stereocenters. The van der Waals surface area contributed by atoms with Crippen molar-refractivity contribution in [3.05, 3.63) is 53.7 Å². The van der Waals surface area contributed by atoms with Crippen LogP contribution in [0.5, 0.6) is 5.75 Å². The van der Waals surface area contributed by atoms with Crippen molar-refractivity contribution in [2.24, 2.45) is 5.92 Å². The molecule has 2 aromatic rings. The number of para-hydroxylation sites is 1. The van der Waals surface area contributed by atoms with Gasteiger partial charge in [-0.05, 0) is 37.1 Å². The molecule has 1 atom stereocenters. The third kappa shape index (κ3) is 2.64. The van der Waals surface area contributed by atoms with E-state index >= 15 is 0 Å². The number of benzene rings is 1. The molecular weight excluding hydrogens is 252 g/mol. The lowest BCUT2D eigenvalue weighted by atomic mass is 9.96. The van der Waals surface area contributed by atoms with E-state index in [0.29, 0.717) is 18.8 Å². The molecule has 4 heteroatoms. The normalized spacial score (nSPS) is 16.9. The summed E-state index contributed by atoms with van der Waals surface area (Å²) in [5, 5.41) is 2.85. The van der Waals surface area contributed by atoms with Crippen molar-refractivity contribution in [2.45, 2.75) is 13.3 Å². The second-order valence-corrected chi connectivity index (χ2v) is 4.97. The van der Waals surface area contributed by atoms with Crippen molar-refractivity contribution in [1.29, 1.82) is 0 Å². The quantitative estimate of drug-likeness (QED) is 0.910. The van der Waals surface area contributed by atoms with Crippen LogP contribution in [0.1, 0.15) is 11.3 Å². The summed E-state index contributed by atoms with van der Waals surface area (Å²) in [6.07, 6.45) is 0.702. The molecule has 0 spiro atoms. The zero-order valence-electron chi connectivity index (χ0n) is 11.3. The second kappa shape index (κ2) is 5.33. The van der Waals surface area contributed by atoms with Gasteiger partial charge in [-0.15, -0.1) is 0 Å². The summed E-state index contributed by atoms with van der Waals surface area (Å²) >= 11 is 0. The van der Waals surface area contributed by atoms with E-state index in [1.165, 1.54) is 0 Å². The first-order chi connectivity index (χ1) is 9.72. The van der Waals surface area contributed by atoms with Gasteiger partial charge in [0.25, 0.3) is 0 Å². The van der Waals surface area contributed by atoms with Crippen molar-refractivity contribution >= 4 is 11.7 Å². The number of fused-ring (bicyclic) bond motifs is 1. The molecule has 4 nitrogen and oxygen atoms in total. The highest BCUT2D eigenvalue weighted by Crippen LogP contribution is 2.27. The monoisotopic (exact) mass is 268 g/mol. The van der Waals surface area contributed by atoms with E-state index in [-0.39, 0.29) is 11.8 Å². The lowest BCUT2D eigenvalue weighted by molar-refractivity contribution is -0.121. The van der Waals surface area contributed by atoms with Crippen LogP contribution in [0.2, 0.25) is 0 Å². The first-order valence-corrected chi connectivity index (χ1v) is 6.67. The van der Waals surface area contributed by atoms with Gasteiger partial charge in [0.15, 0.2) is 0 Å². The topological polar surface area (TPSA) is 51.2 Å². The molecule has 0 saturated carbocycles. The number of nitrogens with zero attached hydrogens (tertiary/aromatic N) is 1. The van der Waals surface area contributed by atoms with Crippen LogP contribution < -0.4 is 10.1 Å². The molecule has 102 valence electrons. The zero-order chi connectivity index (χ0) is 13.9. The lowest BCUT2D eigenvalue weighted by Gasteiger charge is -2.24. The molecule has 1 aromatic carbocycles. The van der Waals surface area contributed by atoms with Crippen molar-refractivity contribution in [1.82, 2.24) is 4.98 Å². The number of hydrogen-bond donors (Lipinski definition) is 1. The van der Waals surface area contributed by atoms with E-state index in [0.717, 1.165) is 17.0 Å². The van der Waals surface area contributed by atoms with Gasteiger partial charge in [0, 0.05) is 5.69 Å². The number of amides is 1. The number of aryl methyl sites for hydroxylation is 1. The highest BCUT2D eigenvalue weighted by atomic mass is 16.5. The fourth-order valence-corrected chi connectivity index (χ4v) is 2.34. The Hall–Kier alpha value is -2.36. The van der Waals surface area contributed by atoms with Crippen LogP contribution >= 0.6 is 0 Å². The number of rotatable bonds is 2. The van der Waals surface area contributed by atoms with Crippen LogP contribution in [-0.2, 0) is 11.2 Å². The number of hydrogen-bond acceptors (Lipinski definition) is 3. The van der Waals surface area contributed by atoms with Gasteiger partial charge in [-0.3, -0.25) is 4.79 Å². The summed E-state index contributed by atoms with van der Waals surface area (Å²) in [4.78, 5) is 16.5. The van der Waals surface area contributed by atoms with Crippen LogP contribution in [0, 0.1) is 12.8 Å². The zero-order valence-corrected chi connectivity index (χ0v) is 11.3. The maximum Gasteiger partial charge on any atom is 0.232 e. The van der Waals surface area contributed by atoms with Crippen LogP contribution in [0.15, 0.2) is 42.5 Å². The first kappa shape index (κ1) is 12.7. The van der Waals surface area contributed by atoms with E-state index in [2.05, 4.69) is 10.3 Å². The summed E-state index contributed by atoms with van der Waals surface area (Å²) in [7, 11) is 0. The van der Waals surface area contributed by atoms with E-state index < -0.39 is 0 Å². The molecule has 1 aromatic heterocycles. The van der Waals surface area contributed by atoms with Crippen molar-refractivity contribution in [3.63, 3.8) is 0 Å². The molecule has 1 aliphatic heterocycles. The number of nitrogens with one attached hydrogen (secondary N) is 1. The Morgan fingerprint density at radius 2 is 2.10 bits per heavy atom. The lowest BCUT2D eigenvalue weighted by Crippen LogP contribution is -2.32. The molecule has 0 aliphatic carbocycles. The van der Waals surface area contributed by atoms with Crippen molar-refractivity contribution < 1.29 is 9.53 Å². The Balaban J connectivity index is 1.70. The van der Waals surface area contributed by atoms with Gasteiger partial charge < -0.3 is 10.1 Å². The van der Waals surface area contributed by atoms with Crippen molar-refractivity contribution in [3.8, 4) is 5.75 Å². The van der Waals surface area contributed by atoms with Gasteiger partial charge in [-0.1, -0.05) is 24.3 Å². The highest BCUT2D eigenvalue weighted by molar-refractivity contribution is 5.92. The third-order valence-corrected chi connectivity index (χ3v) is 3.39. The Kier molecular flexibility index (Phi) is 3.37. The molecule has 0 radical (unpaired) electrons. The summed E-state index contributed by atoms with van der Waals surface area (Å²) < 4.78 is 5.64. The summed E-state index contributed by atoms with van der Waals surface area (Å²) in [5.74, 6) is 1.25. The van der Waals surface area contributed by atoms with Gasteiger partial charge in [0.05, 0.1) is 5.92 Å². The molecule has 0 bridgehead atoms. The number of pyridine rings is 1. The van der Waals surface area contributed by atoms with Gasteiger partial charge >= 0.3 is 0 Å². The van der Waals surface area contributed by atoms with Gasteiger partial charge in [0.1, 0.15) is 18.2 Å². The predicted octanol–water partition coefficient (Wildman–Crippen LogP) is 2.58. The second-order valence-electron chi connectivity index (χ2n) is 4.97. The fraction of sp³-hybridized carbons (Fsp3) is 0.250. The molecule has 0 fully saturated rings. The minimum atomic E-state index is -0.174. The molecule has 20 heavy (non-hydrogen) atoms. The first-order valence-electron chi connectivity index (χ1n) is 6.67. The molecule has 2 heterocycles. The van der Waals surface area contributed by atoms with Gasteiger partial charge in [-0.2, -0.15) is 0 Å². The van der Waals surface area contributed by atoms with E-state index in [9.17, 15) is 4.79 Å². The maximum absolute atomic E-state index is 12.3. The standard InChI is InChI=1S/C16H16N2O2/c1-11-5-4-8-15(17-11)18-16(19)13-9-12-6-2-3-7-14(12)20-10-13/h2-8,13H,9-10H2,1H3,(H,17,18,19). The number of ether oxygens (including phenoxy) is 1. The Morgan fingerprint density at radius 3 is 2.95 bits per heavy atom. The van der Waals surface area contributed by atoms with Crippen LogP contribution in [0.4, 0.5) is 5.82 Å². The average Bonchev–Trinajstić information content (AvgIpc) is 2.47. The molecule has 1 aliphatic rings. The van der Waals surface area contributed by atoms with Gasteiger partial charge in [-0.25, -0.2) is 4.98 Å². The fourth-order valence-electron chi connectivity index (χ4n) is 2.34. The van der Waals surface area contributed by atoms with Gasteiger partial charge in [0.2, 0.25) is 5.91 Å². The van der Waals surface area contributed by atoms with E-state index in [1.54, 1.807) is 6.07 Å². The Labute approximate surface area is 117 Å². The summed E-state index contributed by atoms with van der Waals surface area (Å²) in [5.41, 5.74) is 1.96. The largest absolute Gasteiger partial charge is 0.492 e.